The van der Waals surface area contributed by atoms with Crippen LogP contribution in [0.25, 0.3) is 10.8 Å². The monoisotopic (exact) mass is 581 g/mol. The maximum atomic E-state index is 13.4. The number of nitrogens with one attached hydrogen (secondary N) is 2. The molecule has 5 aromatic carbocycles. The Morgan fingerprint density at radius 2 is 1.38 bits per heavy atom. The van der Waals surface area contributed by atoms with Crippen molar-refractivity contribution >= 4 is 38.2 Å². The van der Waals surface area contributed by atoms with Crippen molar-refractivity contribution in [2.24, 2.45) is 0 Å². The van der Waals surface area contributed by atoms with Crippen molar-refractivity contribution < 1.29 is 22.7 Å². The Morgan fingerprint density at radius 1 is 0.738 bits per heavy atom. The summed E-state index contributed by atoms with van der Waals surface area (Å²) in [4.78, 5) is 15.2. The second-order valence-electron chi connectivity index (χ2n) is 9.48. The third-order valence-electron chi connectivity index (χ3n) is 6.60. The Labute approximate surface area is 245 Å². The number of hydrogen-bond donors (Lipinski definition) is 2. The Hall–Kier alpha value is -4.86. The Bertz CT molecular complexity index is 1740. The van der Waals surface area contributed by atoms with Gasteiger partial charge in [0.15, 0.2) is 0 Å². The first-order valence-electron chi connectivity index (χ1n) is 13.5. The van der Waals surface area contributed by atoms with Crippen molar-refractivity contribution in [1.29, 1.82) is 0 Å². The number of sulfonamides is 1. The van der Waals surface area contributed by atoms with Crippen molar-refractivity contribution in [3.05, 3.63) is 121 Å². The minimum atomic E-state index is -3.72. The summed E-state index contributed by atoms with van der Waals surface area (Å²) in [5.41, 5.74) is 1.24. The van der Waals surface area contributed by atoms with E-state index in [-0.39, 0.29) is 24.0 Å². The summed E-state index contributed by atoms with van der Waals surface area (Å²) in [6.45, 7) is 0.414. The molecular weight excluding hydrogens is 550 g/mol. The molecule has 0 heterocycles. The molecule has 0 bridgehead atoms. The number of fused-ring (bicyclic) bond motifs is 1. The number of rotatable bonds is 11. The van der Waals surface area contributed by atoms with Gasteiger partial charge < -0.3 is 14.8 Å². The van der Waals surface area contributed by atoms with E-state index >= 15 is 0 Å². The summed E-state index contributed by atoms with van der Waals surface area (Å²) in [7, 11) is -2.14. The zero-order valence-electron chi connectivity index (χ0n) is 23.1. The highest BCUT2D eigenvalue weighted by Crippen LogP contribution is 2.26. The van der Waals surface area contributed by atoms with E-state index in [0.717, 1.165) is 10.8 Å². The standard InChI is InChI=1S/C33H31N3O5S/c1-40-29-17-13-27(14-18-29)35-33(37)36(28-15-19-31(20-16-28)41-30-10-3-2-4-11-30)23-7-22-34-42(38,39)32-21-12-25-8-5-6-9-26(25)24-32/h2-6,8-21,24,34H,7,22-23H2,1H3,(H,35,37). The lowest BCUT2D eigenvalue weighted by Crippen LogP contribution is -2.37. The van der Waals surface area contributed by atoms with Crippen LogP contribution in [-0.4, -0.2) is 34.6 Å². The Balaban J connectivity index is 1.27. The molecule has 5 aromatic rings. The molecule has 2 N–H and O–H groups in total. The zero-order valence-corrected chi connectivity index (χ0v) is 23.9. The molecule has 8 nitrogen and oxygen atoms in total. The lowest BCUT2D eigenvalue weighted by Gasteiger charge is -2.24. The molecule has 0 saturated heterocycles. The van der Waals surface area contributed by atoms with Gasteiger partial charge >= 0.3 is 6.03 Å². The lowest BCUT2D eigenvalue weighted by atomic mass is 10.1. The van der Waals surface area contributed by atoms with Gasteiger partial charge in [0.2, 0.25) is 10.0 Å². The highest BCUT2D eigenvalue weighted by Gasteiger charge is 2.18. The number of anilines is 2. The second kappa shape index (κ2) is 13.2. The maximum absolute atomic E-state index is 13.4. The molecular formula is C33H31N3O5S. The summed E-state index contributed by atoms with van der Waals surface area (Å²) in [5.74, 6) is 2.01. The smallest absolute Gasteiger partial charge is 0.326 e. The lowest BCUT2D eigenvalue weighted by molar-refractivity contribution is 0.257. The molecule has 9 heteroatoms. The molecule has 0 radical (unpaired) electrons. The third kappa shape index (κ3) is 7.25. The van der Waals surface area contributed by atoms with Crippen molar-refractivity contribution in [2.75, 3.05) is 30.4 Å². The highest BCUT2D eigenvalue weighted by molar-refractivity contribution is 7.89. The quantitative estimate of drug-likeness (QED) is 0.163. The highest BCUT2D eigenvalue weighted by atomic mass is 32.2. The van der Waals surface area contributed by atoms with Gasteiger partial charge in [0.25, 0.3) is 0 Å². The molecule has 0 spiro atoms. The topological polar surface area (TPSA) is 97.0 Å². The minimum absolute atomic E-state index is 0.149. The molecule has 0 aliphatic heterocycles. The van der Waals surface area contributed by atoms with E-state index in [1.54, 1.807) is 78.7 Å². The number of carbonyl (C=O) groups is 1. The molecule has 0 aromatic heterocycles. The summed E-state index contributed by atoms with van der Waals surface area (Å²) in [6, 6.07) is 35.9. The van der Waals surface area contributed by atoms with Crippen LogP contribution in [0.2, 0.25) is 0 Å². The molecule has 0 atom stereocenters. The van der Waals surface area contributed by atoms with Crippen LogP contribution in [0.15, 0.2) is 126 Å². The molecule has 214 valence electrons. The van der Waals surface area contributed by atoms with Gasteiger partial charge in [0, 0.05) is 24.5 Å². The van der Waals surface area contributed by atoms with Gasteiger partial charge in [-0.25, -0.2) is 17.9 Å². The van der Waals surface area contributed by atoms with Gasteiger partial charge in [0.1, 0.15) is 17.2 Å². The van der Waals surface area contributed by atoms with E-state index < -0.39 is 10.0 Å². The number of para-hydroxylation sites is 1. The average molecular weight is 582 g/mol. The number of carbonyl (C=O) groups excluding carboxylic acids is 1. The minimum Gasteiger partial charge on any atom is -0.497 e. The first-order chi connectivity index (χ1) is 20.4. The van der Waals surface area contributed by atoms with Crippen LogP contribution in [0.3, 0.4) is 0 Å². The van der Waals surface area contributed by atoms with E-state index in [1.807, 2.05) is 54.6 Å². The molecule has 0 aliphatic rings. The summed E-state index contributed by atoms with van der Waals surface area (Å²) in [5, 5.41) is 4.72. The second-order valence-corrected chi connectivity index (χ2v) is 11.2. The molecule has 42 heavy (non-hydrogen) atoms. The van der Waals surface area contributed by atoms with Gasteiger partial charge in [-0.1, -0.05) is 48.5 Å². The number of methoxy groups -OCH3 is 1. The van der Waals surface area contributed by atoms with Gasteiger partial charge in [-0.15, -0.1) is 0 Å². The Morgan fingerprint density at radius 3 is 2.10 bits per heavy atom. The number of hydrogen-bond acceptors (Lipinski definition) is 5. The van der Waals surface area contributed by atoms with Crippen LogP contribution in [0.1, 0.15) is 6.42 Å². The van der Waals surface area contributed by atoms with Crippen molar-refractivity contribution in [3.63, 3.8) is 0 Å². The molecule has 5 rings (SSSR count). The number of ether oxygens (including phenoxy) is 2. The first kappa shape index (κ1) is 28.7. The van der Waals surface area contributed by atoms with Gasteiger partial charge in [-0.3, -0.25) is 4.90 Å². The number of amides is 2. The van der Waals surface area contributed by atoms with E-state index in [4.69, 9.17) is 9.47 Å². The zero-order chi connectivity index (χ0) is 29.4. The van der Waals surface area contributed by atoms with Crippen molar-refractivity contribution in [3.8, 4) is 17.2 Å². The van der Waals surface area contributed by atoms with Gasteiger partial charge in [-0.2, -0.15) is 0 Å². The molecule has 0 aliphatic carbocycles. The number of urea groups is 1. The summed E-state index contributed by atoms with van der Waals surface area (Å²) < 4.78 is 39.7. The predicted octanol–water partition coefficient (Wildman–Crippen LogP) is 7.05. The fourth-order valence-electron chi connectivity index (χ4n) is 4.39. The van der Waals surface area contributed by atoms with Crippen molar-refractivity contribution in [2.45, 2.75) is 11.3 Å². The molecule has 0 saturated carbocycles. The number of nitrogens with zero attached hydrogens (tertiary/aromatic N) is 1. The van der Waals surface area contributed by atoms with E-state index in [1.165, 1.54) is 0 Å². The van der Waals surface area contributed by atoms with Crippen LogP contribution in [0.5, 0.6) is 17.2 Å². The average Bonchev–Trinajstić information content (AvgIpc) is 3.02. The van der Waals surface area contributed by atoms with E-state index in [0.29, 0.717) is 35.0 Å². The number of benzene rings is 5. The van der Waals surface area contributed by atoms with E-state index in [9.17, 15) is 13.2 Å². The van der Waals surface area contributed by atoms with Gasteiger partial charge in [0.05, 0.1) is 12.0 Å². The SMILES string of the molecule is COc1ccc(NC(=O)N(CCCNS(=O)(=O)c2ccc3ccccc3c2)c2ccc(Oc3ccccc3)cc2)cc1. The first-order valence-corrected chi connectivity index (χ1v) is 14.9. The summed E-state index contributed by atoms with van der Waals surface area (Å²) >= 11 is 0. The Kier molecular flexibility index (Phi) is 9.01. The van der Waals surface area contributed by atoms with Crippen molar-refractivity contribution in [1.82, 2.24) is 4.72 Å². The van der Waals surface area contributed by atoms with Crippen LogP contribution < -0.4 is 24.4 Å². The molecule has 0 unspecified atom stereocenters. The fraction of sp³-hybridized carbons (Fsp3) is 0.121. The fourth-order valence-corrected chi connectivity index (χ4v) is 5.50. The summed E-state index contributed by atoms with van der Waals surface area (Å²) in [6.07, 6.45) is 0.380. The predicted molar refractivity (Wildman–Crippen MR) is 166 cm³/mol. The van der Waals surface area contributed by atoms with E-state index in [2.05, 4.69) is 10.0 Å². The van der Waals surface area contributed by atoms with Crippen LogP contribution in [0.4, 0.5) is 16.2 Å². The van der Waals surface area contributed by atoms with Crippen LogP contribution in [-0.2, 0) is 10.0 Å². The van der Waals surface area contributed by atoms with Crippen LogP contribution in [0, 0.1) is 0 Å². The van der Waals surface area contributed by atoms with Gasteiger partial charge in [-0.05, 0) is 90.0 Å². The maximum Gasteiger partial charge on any atom is 0.326 e. The van der Waals surface area contributed by atoms with Crippen LogP contribution >= 0.6 is 0 Å². The normalized spacial score (nSPS) is 11.2. The molecule has 0 fully saturated rings. The largest absolute Gasteiger partial charge is 0.497 e. The molecule has 2 amide bonds. The third-order valence-corrected chi connectivity index (χ3v) is 8.05.